The monoisotopic (exact) mass is 393 g/mol. The first-order valence-electron chi connectivity index (χ1n) is 9.24. The number of hydrogen-bond acceptors (Lipinski definition) is 3. The van der Waals surface area contributed by atoms with Crippen LogP contribution in [-0.2, 0) is 0 Å². The molecule has 0 bridgehead atoms. The van der Waals surface area contributed by atoms with Gasteiger partial charge in [-0.05, 0) is 12.1 Å². The minimum Gasteiger partial charge on any atom is -0.855 e. The van der Waals surface area contributed by atoms with Crippen LogP contribution in [0, 0.1) is 0 Å². The van der Waals surface area contributed by atoms with Gasteiger partial charge in [0, 0.05) is 31.3 Å². The summed E-state index contributed by atoms with van der Waals surface area (Å²) in [5.74, 6) is -0.282. The summed E-state index contributed by atoms with van der Waals surface area (Å²) in [5, 5.41) is 11.8. The van der Waals surface area contributed by atoms with E-state index in [1.807, 2.05) is 26.2 Å². The summed E-state index contributed by atoms with van der Waals surface area (Å²) in [7, 11) is -6.09. The van der Waals surface area contributed by atoms with E-state index < -0.39 is 24.5 Å². The van der Waals surface area contributed by atoms with E-state index in [2.05, 4.69) is 71.0 Å². The van der Waals surface area contributed by atoms with Gasteiger partial charge in [-0.1, -0.05) is 65.2 Å². The summed E-state index contributed by atoms with van der Waals surface area (Å²) >= 11 is 0. The number of rotatable bonds is 7. The topological polar surface area (TPSA) is 58.7 Å². The predicted molar refractivity (Wildman–Crippen MR) is 112 cm³/mol. The van der Waals surface area contributed by atoms with Crippen molar-refractivity contribution >= 4 is 35.1 Å². The minimum atomic E-state index is -2.86. The maximum atomic E-state index is 13.9. The summed E-state index contributed by atoms with van der Waals surface area (Å²) in [6, 6.07) is 5.59. The van der Waals surface area contributed by atoms with Gasteiger partial charge in [-0.15, -0.1) is 0 Å². The van der Waals surface area contributed by atoms with Gasteiger partial charge in [0.05, 0.1) is 0 Å². The van der Waals surface area contributed by atoms with Gasteiger partial charge in [0.2, 0.25) is 0 Å². The van der Waals surface area contributed by atoms with Crippen molar-refractivity contribution in [1.82, 2.24) is 19.6 Å². The van der Waals surface area contributed by atoms with Gasteiger partial charge in [-0.25, -0.2) is 0 Å². The number of aromatic nitrogens is 4. The summed E-state index contributed by atoms with van der Waals surface area (Å²) in [6.45, 7) is 18.0. The zero-order valence-corrected chi connectivity index (χ0v) is 20.0. The Morgan fingerprint density at radius 1 is 0.840 bits per heavy atom. The first-order valence-corrected chi connectivity index (χ1v) is 18.6. The Morgan fingerprint density at radius 2 is 1.20 bits per heavy atom. The largest absolute Gasteiger partial charge is 0.855 e. The fourth-order valence-corrected chi connectivity index (χ4v) is 9.05. The van der Waals surface area contributed by atoms with Crippen LogP contribution in [0.4, 0.5) is 0 Å². The van der Waals surface area contributed by atoms with Gasteiger partial charge < -0.3 is 4.80 Å². The van der Waals surface area contributed by atoms with Crippen molar-refractivity contribution in [2.45, 2.75) is 71.0 Å². The van der Waals surface area contributed by atoms with Gasteiger partial charge in [-0.3, -0.25) is 9.36 Å². The molecule has 0 unspecified atom stereocenters. The normalized spacial score (nSPS) is 13.7. The molecule has 25 heavy (non-hydrogen) atoms. The molecule has 0 aliphatic heterocycles. The Morgan fingerprint density at radius 3 is 1.48 bits per heavy atom. The lowest BCUT2D eigenvalue weighted by Crippen LogP contribution is -2.64. The maximum absolute atomic E-state index is 13.9. The Bertz CT molecular complexity index is 656. The van der Waals surface area contributed by atoms with Crippen molar-refractivity contribution < 1.29 is 4.80 Å². The lowest BCUT2D eigenvalue weighted by Gasteiger charge is -2.46. The highest BCUT2D eigenvalue weighted by Gasteiger charge is 2.37. The standard InChI is InChI=1S/C17H33N4OSi3/c1-9-25(22,10-2)17(20-15(11-13-18-20)23(3,4)5)21-16(12-14-19-21)24(6,7)8/h11-14,17H,9-10H2,1-8H3/q-1. The molecule has 2 aromatic rings. The van der Waals surface area contributed by atoms with Crippen LogP contribution in [0.25, 0.3) is 0 Å². The van der Waals surface area contributed by atoms with Crippen LogP contribution < -0.4 is 15.4 Å². The van der Waals surface area contributed by atoms with Crippen LogP contribution in [0.2, 0.25) is 51.4 Å². The van der Waals surface area contributed by atoms with E-state index in [9.17, 15) is 4.80 Å². The molecule has 0 saturated heterocycles. The van der Waals surface area contributed by atoms with Crippen LogP contribution in [-0.4, -0.2) is 44.0 Å². The minimum absolute atomic E-state index is 0.282. The second kappa shape index (κ2) is 6.98. The molecule has 0 N–H and O–H groups in total. The number of hydrogen-bond donors (Lipinski definition) is 0. The number of nitrogens with zero attached hydrogens (tertiary/aromatic N) is 4. The second-order valence-electron chi connectivity index (χ2n) is 8.97. The molecular weight excluding hydrogens is 360 g/mol. The molecule has 8 heteroatoms. The van der Waals surface area contributed by atoms with Crippen LogP contribution in [0.15, 0.2) is 24.5 Å². The van der Waals surface area contributed by atoms with E-state index in [1.54, 1.807) is 0 Å². The molecule has 2 aromatic heterocycles. The zero-order chi connectivity index (χ0) is 19.0. The lowest BCUT2D eigenvalue weighted by molar-refractivity contribution is -0.216. The van der Waals surface area contributed by atoms with Crippen LogP contribution in [0.3, 0.4) is 0 Å². The highest BCUT2D eigenvalue weighted by atomic mass is 28.4. The third-order valence-electron chi connectivity index (χ3n) is 5.01. The molecule has 140 valence electrons. The quantitative estimate of drug-likeness (QED) is 0.677. The van der Waals surface area contributed by atoms with Gasteiger partial charge in [0.15, 0.2) is 0 Å². The van der Waals surface area contributed by atoms with Gasteiger partial charge in [0.25, 0.3) is 0 Å². The molecular formula is C17H33N4OSi3-. The average Bonchev–Trinajstić information content (AvgIpc) is 3.15. The molecule has 2 heterocycles. The highest BCUT2D eigenvalue weighted by Crippen LogP contribution is 2.25. The molecule has 0 aliphatic carbocycles. The van der Waals surface area contributed by atoms with Crippen molar-refractivity contribution in [3.05, 3.63) is 24.5 Å². The Kier molecular flexibility index (Phi) is 5.68. The lowest BCUT2D eigenvalue weighted by atomic mass is 10.7. The van der Waals surface area contributed by atoms with Crippen molar-refractivity contribution in [2.75, 3.05) is 0 Å². The molecule has 0 radical (unpaired) electrons. The van der Waals surface area contributed by atoms with E-state index in [0.717, 1.165) is 0 Å². The van der Waals surface area contributed by atoms with E-state index in [1.165, 1.54) is 10.6 Å². The fraction of sp³-hybridized carbons (Fsp3) is 0.647. The smallest absolute Gasteiger partial charge is 0.114 e. The molecule has 0 fully saturated rings. The van der Waals surface area contributed by atoms with Gasteiger partial charge in [-0.2, -0.15) is 10.2 Å². The van der Waals surface area contributed by atoms with Crippen molar-refractivity contribution in [2.24, 2.45) is 0 Å². The fourth-order valence-electron chi connectivity index (χ4n) is 3.37. The molecule has 5 nitrogen and oxygen atoms in total. The van der Waals surface area contributed by atoms with Crippen LogP contribution in [0.1, 0.15) is 19.6 Å². The molecule has 0 atom stereocenters. The van der Waals surface area contributed by atoms with Gasteiger partial charge in [0.1, 0.15) is 21.9 Å². The molecule has 2 rings (SSSR count). The van der Waals surface area contributed by atoms with Crippen molar-refractivity contribution in [3.8, 4) is 0 Å². The molecule has 0 amide bonds. The van der Waals surface area contributed by atoms with E-state index in [0.29, 0.717) is 12.1 Å². The molecule has 0 saturated carbocycles. The molecule has 0 aliphatic rings. The Hall–Kier alpha value is -0.969. The maximum Gasteiger partial charge on any atom is 0.114 e. The Balaban J connectivity index is 2.74. The summed E-state index contributed by atoms with van der Waals surface area (Å²) in [6.07, 6.45) is 3.72. The third-order valence-corrected chi connectivity index (χ3v) is 12.7. The highest BCUT2D eigenvalue weighted by molar-refractivity contribution is 6.89. The first kappa shape index (κ1) is 20.3. The van der Waals surface area contributed by atoms with Crippen molar-refractivity contribution in [1.29, 1.82) is 0 Å². The summed E-state index contributed by atoms with van der Waals surface area (Å²) in [5.41, 5.74) is 0. The van der Waals surface area contributed by atoms with Gasteiger partial charge >= 0.3 is 0 Å². The third kappa shape index (κ3) is 3.91. The first-order chi connectivity index (χ1) is 11.5. The second-order valence-corrected chi connectivity index (χ2v) is 23.1. The van der Waals surface area contributed by atoms with Crippen molar-refractivity contribution in [3.63, 3.8) is 0 Å². The molecule has 0 aromatic carbocycles. The van der Waals surface area contributed by atoms with E-state index in [-0.39, 0.29) is 5.79 Å². The van der Waals surface area contributed by atoms with E-state index >= 15 is 0 Å². The van der Waals surface area contributed by atoms with E-state index in [4.69, 9.17) is 0 Å². The molecule has 0 spiro atoms. The van der Waals surface area contributed by atoms with Crippen LogP contribution in [0.5, 0.6) is 0 Å². The Labute approximate surface area is 155 Å². The predicted octanol–water partition coefficient (Wildman–Crippen LogP) is 2.10. The average molecular weight is 394 g/mol. The SMILES string of the molecule is CC[Si]([O-])(CC)C(n1nccc1[Si](C)(C)C)n1nccc1[Si](C)(C)C. The van der Waals surface area contributed by atoms with Crippen LogP contribution >= 0.6 is 0 Å². The summed E-state index contributed by atoms with van der Waals surface area (Å²) in [4.78, 5) is 13.9. The summed E-state index contributed by atoms with van der Waals surface area (Å²) < 4.78 is 4.10. The zero-order valence-electron chi connectivity index (χ0n) is 17.0.